The summed E-state index contributed by atoms with van der Waals surface area (Å²) in [4.78, 5) is 4.41. The van der Waals surface area contributed by atoms with E-state index in [2.05, 4.69) is 11.1 Å². The Morgan fingerprint density at radius 1 is 1.04 bits per heavy atom. The van der Waals surface area contributed by atoms with Crippen molar-refractivity contribution in [1.82, 2.24) is 0 Å². The number of nitrogens with zero attached hydrogens (tertiary/aromatic N) is 2. The zero-order chi connectivity index (χ0) is 19.5. The molecule has 0 saturated heterocycles. The molecule has 0 spiro atoms. The van der Waals surface area contributed by atoms with E-state index in [9.17, 15) is 10.4 Å². The van der Waals surface area contributed by atoms with Crippen LogP contribution in [0.3, 0.4) is 0 Å². The van der Waals surface area contributed by atoms with Crippen molar-refractivity contribution in [2.45, 2.75) is 5.92 Å². The molecular formula is C23H17N3O2. The maximum atomic E-state index is 10.4. The summed E-state index contributed by atoms with van der Waals surface area (Å²) in [7, 11) is 0. The largest absolute Gasteiger partial charge is 0.507 e. The molecule has 0 radical (unpaired) electrons. The smallest absolute Gasteiger partial charge is 0.205 e. The standard InChI is InChI=1S/C23H17N3O2/c24-13-19-22(15-7-3-1-4-8-15)18-11-16(14-26-17-9-5-2-6-10-17)20(27)12-21(18)28-23(19)25/h1-12,14,22,27H,25H2. The van der Waals surface area contributed by atoms with E-state index >= 15 is 0 Å². The molecule has 0 amide bonds. The van der Waals surface area contributed by atoms with Crippen molar-refractivity contribution in [3.05, 3.63) is 101 Å². The summed E-state index contributed by atoms with van der Waals surface area (Å²) in [6.07, 6.45) is 1.60. The number of hydrogen-bond donors (Lipinski definition) is 2. The molecule has 136 valence electrons. The molecule has 0 aliphatic carbocycles. The van der Waals surface area contributed by atoms with E-state index in [1.54, 1.807) is 12.3 Å². The Kier molecular flexibility index (Phi) is 4.53. The summed E-state index contributed by atoms with van der Waals surface area (Å²) in [5.74, 6) is 0.131. The van der Waals surface area contributed by atoms with Gasteiger partial charge in [-0.15, -0.1) is 0 Å². The highest BCUT2D eigenvalue weighted by atomic mass is 16.5. The first-order chi connectivity index (χ1) is 13.7. The van der Waals surface area contributed by atoms with E-state index in [0.29, 0.717) is 16.9 Å². The van der Waals surface area contributed by atoms with Gasteiger partial charge in [-0.3, -0.25) is 4.99 Å². The third kappa shape index (κ3) is 3.19. The highest BCUT2D eigenvalue weighted by molar-refractivity contribution is 5.86. The van der Waals surface area contributed by atoms with Gasteiger partial charge in [0.1, 0.15) is 23.1 Å². The lowest BCUT2D eigenvalue weighted by Gasteiger charge is -2.27. The third-order valence-corrected chi connectivity index (χ3v) is 4.61. The van der Waals surface area contributed by atoms with Gasteiger partial charge in [0.15, 0.2) is 0 Å². The number of phenols is 1. The number of phenolic OH excluding ortho intramolecular Hbond substituents is 1. The highest BCUT2D eigenvalue weighted by Gasteiger charge is 2.31. The Labute approximate surface area is 162 Å². The van der Waals surface area contributed by atoms with Gasteiger partial charge in [0.25, 0.3) is 0 Å². The van der Waals surface area contributed by atoms with Crippen molar-refractivity contribution in [2.75, 3.05) is 0 Å². The van der Waals surface area contributed by atoms with E-state index in [1.165, 1.54) is 6.07 Å². The summed E-state index contributed by atoms with van der Waals surface area (Å²) in [5, 5.41) is 20.1. The second-order valence-electron chi connectivity index (χ2n) is 6.38. The van der Waals surface area contributed by atoms with Crippen LogP contribution in [0.5, 0.6) is 11.5 Å². The second-order valence-corrected chi connectivity index (χ2v) is 6.38. The average Bonchev–Trinajstić information content (AvgIpc) is 2.73. The van der Waals surface area contributed by atoms with E-state index < -0.39 is 0 Å². The topological polar surface area (TPSA) is 91.6 Å². The zero-order valence-electron chi connectivity index (χ0n) is 14.9. The van der Waals surface area contributed by atoms with Crippen LogP contribution in [0.4, 0.5) is 5.69 Å². The number of nitriles is 1. The molecule has 3 aromatic carbocycles. The Hall–Kier alpha value is -4.04. The molecule has 4 rings (SSSR count). The fourth-order valence-electron chi connectivity index (χ4n) is 3.26. The average molecular weight is 367 g/mol. The molecule has 1 aliphatic rings. The first kappa shape index (κ1) is 17.4. The number of benzene rings is 3. The van der Waals surface area contributed by atoms with Crippen molar-refractivity contribution >= 4 is 11.9 Å². The number of nitrogens with two attached hydrogens (primary N) is 1. The maximum absolute atomic E-state index is 10.4. The molecule has 5 heteroatoms. The minimum atomic E-state index is -0.376. The van der Waals surface area contributed by atoms with Crippen molar-refractivity contribution in [1.29, 1.82) is 5.26 Å². The quantitative estimate of drug-likeness (QED) is 0.673. The van der Waals surface area contributed by atoms with Crippen LogP contribution in [0.1, 0.15) is 22.6 Å². The number of ether oxygens (including phenoxy) is 1. The summed E-state index contributed by atoms with van der Waals surface area (Å²) < 4.78 is 5.62. The molecule has 1 atom stereocenters. The summed E-state index contributed by atoms with van der Waals surface area (Å²) in [6, 6.07) is 24.5. The summed E-state index contributed by atoms with van der Waals surface area (Å²) in [6.45, 7) is 0. The van der Waals surface area contributed by atoms with Crippen LogP contribution in [0.2, 0.25) is 0 Å². The van der Waals surface area contributed by atoms with Crippen LogP contribution in [0, 0.1) is 11.3 Å². The number of allylic oxidation sites excluding steroid dienone is 1. The van der Waals surface area contributed by atoms with Gasteiger partial charge in [0.2, 0.25) is 5.88 Å². The predicted molar refractivity (Wildman–Crippen MR) is 108 cm³/mol. The molecule has 1 heterocycles. The zero-order valence-corrected chi connectivity index (χ0v) is 14.9. The molecule has 5 nitrogen and oxygen atoms in total. The molecule has 0 bridgehead atoms. The first-order valence-electron chi connectivity index (χ1n) is 8.76. The van der Waals surface area contributed by atoms with Gasteiger partial charge in [-0.05, 0) is 23.8 Å². The van der Waals surface area contributed by atoms with E-state index in [1.807, 2.05) is 60.7 Å². The molecule has 0 aromatic heterocycles. The number of para-hydroxylation sites is 1. The molecule has 0 saturated carbocycles. The molecular weight excluding hydrogens is 350 g/mol. The fraction of sp³-hybridized carbons (Fsp3) is 0.0435. The van der Waals surface area contributed by atoms with Gasteiger partial charge in [-0.25, -0.2) is 0 Å². The van der Waals surface area contributed by atoms with Gasteiger partial charge in [-0.2, -0.15) is 5.26 Å². The lowest BCUT2D eigenvalue weighted by atomic mass is 9.83. The van der Waals surface area contributed by atoms with Crippen molar-refractivity contribution in [3.8, 4) is 17.6 Å². The van der Waals surface area contributed by atoms with Crippen LogP contribution in [0.25, 0.3) is 0 Å². The molecule has 1 unspecified atom stereocenters. The highest BCUT2D eigenvalue weighted by Crippen LogP contribution is 2.44. The minimum Gasteiger partial charge on any atom is -0.507 e. The molecule has 1 aliphatic heterocycles. The van der Waals surface area contributed by atoms with Gasteiger partial charge in [0.05, 0.1) is 11.6 Å². The first-order valence-corrected chi connectivity index (χ1v) is 8.76. The van der Waals surface area contributed by atoms with Gasteiger partial charge < -0.3 is 15.6 Å². The number of hydrogen-bond acceptors (Lipinski definition) is 5. The minimum absolute atomic E-state index is 0.0263. The number of rotatable bonds is 3. The number of aromatic hydroxyl groups is 1. The number of fused-ring (bicyclic) bond motifs is 1. The van der Waals surface area contributed by atoms with Gasteiger partial charge >= 0.3 is 0 Å². The van der Waals surface area contributed by atoms with Gasteiger partial charge in [-0.1, -0.05) is 48.5 Å². The van der Waals surface area contributed by atoms with Crippen LogP contribution < -0.4 is 10.5 Å². The van der Waals surface area contributed by atoms with E-state index in [4.69, 9.17) is 10.5 Å². The fourth-order valence-corrected chi connectivity index (χ4v) is 3.26. The Bertz CT molecular complexity index is 1110. The van der Waals surface area contributed by atoms with Crippen molar-refractivity contribution < 1.29 is 9.84 Å². The lowest BCUT2D eigenvalue weighted by molar-refractivity contribution is 0.388. The summed E-state index contributed by atoms with van der Waals surface area (Å²) in [5.41, 5.74) is 9.31. The molecule has 3 N–H and O–H groups in total. The SMILES string of the molecule is N#CC1=C(N)Oc2cc(O)c(C=Nc3ccccc3)cc2C1c1ccccc1. The van der Waals surface area contributed by atoms with E-state index in [0.717, 1.165) is 16.8 Å². The lowest BCUT2D eigenvalue weighted by Crippen LogP contribution is -2.21. The summed E-state index contributed by atoms with van der Waals surface area (Å²) >= 11 is 0. The predicted octanol–water partition coefficient (Wildman–Crippen LogP) is 4.36. The molecule has 0 fully saturated rings. The van der Waals surface area contributed by atoms with Crippen molar-refractivity contribution in [3.63, 3.8) is 0 Å². The third-order valence-electron chi connectivity index (χ3n) is 4.61. The molecule has 28 heavy (non-hydrogen) atoms. The number of aliphatic imine (C=N–C) groups is 1. The van der Waals surface area contributed by atoms with Crippen molar-refractivity contribution in [2.24, 2.45) is 10.7 Å². The maximum Gasteiger partial charge on any atom is 0.205 e. The van der Waals surface area contributed by atoms with Crippen LogP contribution in [-0.4, -0.2) is 11.3 Å². The monoisotopic (exact) mass is 367 g/mol. The van der Waals surface area contributed by atoms with E-state index in [-0.39, 0.29) is 17.6 Å². The molecule has 3 aromatic rings. The van der Waals surface area contributed by atoms with Gasteiger partial charge in [0, 0.05) is 23.4 Å². The van der Waals surface area contributed by atoms with Crippen LogP contribution >= 0.6 is 0 Å². The Morgan fingerprint density at radius 2 is 1.71 bits per heavy atom. The Balaban J connectivity index is 1.83. The normalized spacial score (nSPS) is 15.8. The van der Waals surface area contributed by atoms with Crippen LogP contribution in [-0.2, 0) is 0 Å². The van der Waals surface area contributed by atoms with Crippen LogP contribution in [0.15, 0.2) is 89.2 Å². The Morgan fingerprint density at radius 3 is 2.39 bits per heavy atom. The second kappa shape index (κ2) is 7.29.